The van der Waals surface area contributed by atoms with Crippen LogP contribution in [0.4, 0.5) is 23.1 Å². The molecule has 0 unspecified atom stereocenters. The molecular formula is C19H26N6O. The third kappa shape index (κ3) is 3.53. The largest absolute Gasteiger partial charge is 0.491 e. The van der Waals surface area contributed by atoms with Gasteiger partial charge >= 0.3 is 0 Å². The van der Waals surface area contributed by atoms with Gasteiger partial charge in [-0.25, -0.2) is 4.98 Å². The maximum atomic E-state index is 5.95. The number of aromatic nitrogens is 2. The number of nitrogens with zero attached hydrogens (tertiary/aromatic N) is 3. The van der Waals surface area contributed by atoms with Gasteiger partial charge in [0.25, 0.3) is 0 Å². The summed E-state index contributed by atoms with van der Waals surface area (Å²) in [6.07, 6.45) is 2.08. The number of nitrogens with one attached hydrogen (secondary N) is 3. The van der Waals surface area contributed by atoms with Crippen molar-refractivity contribution in [2.75, 3.05) is 55.4 Å². The minimum atomic E-state index is 0.608. The number of rotatable bonds is 4. The molecule has 0 radical (unpaired) electrons. The Hall–Kier alpha value is -2.54. The van der Waals surface area contributed by atoms with E-state index in [0.29, 0.717) is 5.95 Å². The molecular weight excluding hydrogens is 328 g/mol. The first-order chi connectivity index (χ1) is 12.7. The van der Waals surface area contributed by atoms with E-state index in [1.54, 1.807) is 0 Å². The van der Waals surface area contributed by atoms with Crippen molar-refractivity contribution in [1.29, 1.82) is 0 Å². The van der Waals surface area contributed by atoms with Crippen molar-refractivity contribution in [2.24, 2.45) is 0 Å². The van der Waals surface area contributed by atoms with Gasteiger partial charge < -0.3 is 25.6 Å². The minimum absolute atomic E-state index is 0.608. The third-order valence-electron chi connectivity index (χ3n) is 4.81. The molecule has 3 N–H and O–H groups in total. The lowest BCUT2D eigenvalue weighted by atomic mass is 10.1. The van der Waals surface area contributed by atoms with Gasteiger partial charge in [0.15, 0.2) is 0 Å². The van der Waals surface area contributed by atoms with Crippen LogP contribution < -0.4 is 25.6 Å². The molecule has 1 aromatic carbocycles. The van der Waals surface area contributed by atoms with Crippen molar-refractivity contribution in [3.63, 3.8) is 0 Å². The summed E-state index contributed by atoms with van der Waals surface area (Å²) >= 11 is 0. The van der Waals surface area contributed by atoms with Crippen LogP contribution >= 0.6 is 0 Å². The normalized spacial score (nSPS) is 16.6. The van der Waals surface area contributed by atoms with E-state index in [4.69, 9.17) is 4.74 Å². The lowest BCUT2D eigenvalue weighted by Crippen LogP contribution is -2.28. The predicted octanol–water partition coefficient (Wildman–Crippen LogP) is 2.30. The molecule has 4 rings (SSSR count). The maximum Gasteiger partial charge on any atom is 0.229 e. The van der Waals surface area contributed by atoms with Gasteiger partial charge in [0.05, 0.1) is 12.3 Å². The van der Waals surface area contributed by atoms with Gasteiger partial charge in [-0.15, -0.1) is 0 Å². The summed E-state index contributed by atoms with van der Waals surface area (Å²) in [5.74, 6) is 2.46. The van der Waals surface area contributed by atoms with E-state index in [-0.39, 0.29) is 0 Å². The Morgan fingerprint density at radius 1 is 1.15 bits per heavy atom. The zero-order chi connectivity index (χ0) is 17.9. The Labute approximate surface area is 154 Å². The molecule has 1 saturated heterocycles. The summed E-state index contributed by atoms with van der Waals surface area (Å²) in [7, 11) is 1.86. The van der Waals surface area contributed by atoms with Crippen molar-refractivity contribution in [2.45, 2.75) is 19.8 Å². The summed E-state index contributed by atoms with van der Waals surface area (Å²) < 4.78 is 5.95. The fourth-order valence-corrected chi connectivity index (χ4v) is 3.56. The van der Waals surface area contributed by atoms with Crippen molar-refractivity contribution >= 4 is 23.1 Å². The SMILES string of the molecule is CNc1cc(C)nc(Nc2cc3c(c(N4CCCNCC4)c2)OCC3)n1. The molecule has 0 atom stereocenters. The highest BCUT2D eigenvalue weighted by molar-refractivity contribution is 5.72. The van der Waals surface area contributed by atoms with E-state index < -0.39 is 0 Å². The molecule has 0 bridgehead atoms. The van der Waals surface area contributed by atoms with Gasteiger partial charge in [-0.2, -0.15) is 4.98 Å². The second kappa shape index (κ2) is 7.37. The molecule has 0 spiro atoms. The number of hydrogen-bond acceptors (Lipinski definition) is 7. The lowest BCUT2D eigenvalue weighted by molar-refractivity contribution is 0.357. The Bertz CT molecular complexity index is 786. The summed E-state index contributed by atoms with van der Waals surface area (Å²) in [5, 5.41) is 9.93. The molecule has 26 heavy (non-hydrogen) atoms. The standard InChI is InChI=1S/C19H26N6O/c1-13-10-17(20-2)24-19(22-13)23-15-11-14-4-9-26-18(14)16(12-15)25-7-3-5-21-6-8-25/h10-12,21H,3-9H2,1-2H3,(H2,20,22,23,24). The second-order valence-electron chi connectivity index (χ2n) is 6.77. The van der Waals surface area contributed by atoms with Crippen LogP contribution in [0.5, 0.6) is 5.75 Å². The van der Waals surface area contributed by atoms with Crippen molar-refractivity contribution in [3.05, 3.63) is 29.5 Å². The summed E-state index contributed by atoms with van der Waals surface area (Å²) in [5.41, 5.74) is 4.36. The maximum absolute atomic E-state index is 5.95. The number of aryl methyl sites for hydroxylation is 1. The molecule has 2 aliphatic heterocycles. The van der Waals surface area contributed by atoms with Gasteiger partial charge in [0.2, 0.25) is 5.95 Å². The van der Waals surface area contributed by atoms with E-state index in [2.05, 4.69) is 43.0 Å². The molecule has 3 heterocycles. The van der Waals surface area contributed by atoms with Gasteiger partial charge in [-0.3, -0.25) is 0 Å². The highest BCUT2D eigenvalue weighted by atomic mass is 16.5. The Balaban J connectivity index is 1.66. The number of ether oxygens (including phenoxy) is 1. The number of benzene rings is 1. The highest BCUT2D eigenvalue weighted by Gasteiger charge is 2.22. The van der Waals surface area contributed by atoms with E-state index in [1.165, 1.54) is 11.3 Å². The first-order valence-corrected chi connectivity index (χ1v) is 9.29. The minimum Gasteiger partial charge on any atom is -0.491 e. The number of hydrogen-bond donors (Lipinski definition) is 3. The van der Waals surface area contributed by atoms with Crippen LogP contribution in [0.25, 0.3) is 0 Å². The van der Waals surface area contributed by atoms with Gasteiger partial charge in [-0.05, 0) is 32.0 Å². The van der Waals surface area contributed by atoms with Gasteiger partial charge in [-0.1, -0.05) is 0 Å². The van der Waals surface area contributed by atoms with E-state index in [0.717, 1.165) is 68.6 Å². The van der Waals surface area contributed by atoms with Crippen LogP contribution in [0.2, 0.25) is 0 Å². The average molecular weight is 354 g/mol. The quantitative estimate of drug-likeness (QED) is 0.778. The van der Waals surface area contributed by atoms with Crippen molar-refractivity contribution < 1.29 is 4.74 Å². The van der Waals surface area contributed by atoms with Gasteiger partial charge in [0, 0.05) is 56.1 Å². The van der Waals surface area contributed by atoms with Crippen LogP contribution in [-0.2, 0) is 6.42 Å². The molecule has 0 aliphatic carbocycles. The molecule has 1 aromatic heterocycles. The van der Waals surface area contributed by atoms with Crippen LogP contribution in [0.3, 0.4) is 0 Å². The van der Waals surface area contributed by atoms with E-state index in [1.807, 2.05) is 20.0 Å². The molecule has 7 nitrogen and oxygen atoms in total. The van der Waals surface area contributed by atoms with E-state index >= 15 is 0 Å². The van der Waals surface area contributed by atoms with Crippen molar-refractivity contribution in [3.8, 4) is 5.75 Å². The fraction of sp³-hybridized carbons (Fsp3) is 0.474. The topological polar surface area (TPSA) is 74.3 Å². The number of anilines is 4. The van der Waals surface area contributed by atoms with Crippen LogP contribution in [0.15, 0.2) is 18.2 Å². The molecule has 2 aliphatic rings. The summed E-state index contributed by atoms with van der Waals surface area (Å²) in [6.45, 7) is 6.82. The summed E-state index contributed by atoms with van der Waals surface area (Å²) in [6, 6.07) is 6.25. The Morgan fingerprint density at radius 3 is 2.96 bits per heavy atom. The monoisotopic (exact) mass is 354 g/mol. The molecule has 2 aromatic rings. The average Bonchev–Trinajstić information content (AvgIpc) is 2.93. The zero-order valence-electron chi connectivity index (χ0n) is 15.4. The molecule has 0 saturated carbocycles. The first kappa shape index (κ1) is 16.9. The van der Waals surface area contributed by atoms with E-state index in [9.17, 15) is 0 Å². The van der Waals surface area contributed by atoms with Gasteiger partial charge in [0.1, 0.15) is 11.6 Å². The molecule has 1 fully saturated rings. The number of fused-ring (bicyclic) bond motifs is 1. The summed E-state index contributed by atoms with van der Waals surface area (Å²) in [4.78, 5) is 11.4. The zero-order valence-corrected chi connectivity index (χ0v) is 15.4. The van der Waals surface area contributed by atoms with Crippen LogP contribution in [0.1, 0.15) is 17.7 Å². The predicted molar refractivity (Wildman–Crippen MR) is 105 cm³/mol. The fourth-order valence-electron chi connectivity index (χ4n) is 3.56. The molecule has 138 valence electrons. The highest BCUT2D eigenvalue weighted by Crippen LogP contribution is 2.39. The molecule has 7 heteroatoms. The Kier molecular flexibility index (Phi) is 4.79. The second-order valence-corrected chi connectivity index (χ2v) is 6.77. The van der Waals surface area contributed by atoms with Crippen LogP contribution in [-0.4, -0.2) is 49.8 Å². The van der Waals surface area contributed by atoms with Crippen molar-refractivity contribution in [1.82, 2.24) is 15.3 Å². The first-order valence-electron chi connectivity index (χ1n) is 9.29. The smallest absolute Gasteiger partial charge is 0.229 e. The molecule has 0 amide bonds. The third-order valence-corrected chi connectivity index (χ3v) is 4.81. The lowest BCUT2D eigenvalue weighted by Gasteiger charge is -2.25. The van der Waals surface area contributed by atoms with Crippen LogP contribution in [0, 0.1) is 6.92 Å². The Morgan fingerprint density at radius 2 is 2.08 bits per heavy atom.